The van der Waals surface area contributed by atoms with Crippen molar-refractivity contribution in [2.75, 3.05) is 19.6 Å². The second kappa shape index (κ2) is 8.11. The van der Waals surface area contributed by atoms with E-state index in [1.807, 2.05) is 0 Å². The second-order valence-corrected chi connectivity index (χ2v) is 11.6. The lowest BCUT2D eigenvalue weighted by Crippen LogP contribution is -2.59. The smallest absolute Gasteiger partial charge is 0.339 e. The average molecular weight is 481 g/mol. The molecule has 1 aromatic heterocycles. The van der Waals surface area contributed by atoms with Gasteiger partial charge in [-0.15, -0.1) is 0 Å². The first-order valence-corrected chi connectivity index (χ1v) is 13.6. The fourth-order valence-corrected chi connectivity index (χ4v) is 8.27. The summed E-state index contributed by atoms with van der Waals surface area (Å²) in [6, 6.07) is 2.95. The molecule has 2 aliphatic carbocycles. The molecule has 2 bridgehead atoms. The zero-order chi connectivity index (χ0) is 23.0. The minimum absolute atomic E-state index is 0.0693. The van der Waals surface area contributed by atoms with E-state index < -0.39 is 0 Å². The Bertz CT molecular complexity index is 1250. The van der Waals surface area contributed by atoms with Gasteiger partial charge in [0.05, 0.1) is 10.6 Å². The zero-order valence-electron chi connectivity index (χ0n) is 19.7. The molecular weight excluding hydrogens is 448 g/mol. The summed E-state index contributed by atoms with van der Waals surface area (Å²) < 4.78 is 5.88. The molecule has 0 saturated carbocycles. The molecule has 34 heavy (non-hydrogen) atoms. The Morgan fingerprint density at radius 2 is 1.97 bits per heavy atom. The van der Waals surface area contributed by atoms with Gasteiger partial charge in [0.1, 0.15) is 11.3 Å². The van der Waals surface area contributed by atoms with E-state index in [-0.39, 0.29) is 11.4 Å². The molecule has 180 valence electrons. The van der Waals surface area contributed by atoms with Crippen LogP contribution in [0.4, 0.5) is 0 Å². The van der Waals surface area contributed by atoms with Gasteiger partial charge in [-0.25, -0.2) is 4.79 Å². The predicted molar refractivity (Wildman–Crippen MR) is 134 cm³/mol. The number of hydrogen-bond donors (Lipinski definition) is 1. The second-order valence-electron chi connectivity index (χ2n) is 11.2. The molecule has 1 N–H and O–H groups in total. The third kappa shape index (κ3) is 3.23. The number of aryl methyl sites for hydroxylation is 1. The van der Waals surface area contributed by atoms with Gasteiger partial charge in [-0.3, -0.25) is 9.80 Å². The van der Waals surface area contributed by atoms with Gasteiger partial charge in [-0.1, -0.05) is 29.7 Å². The van der Waals surface area contributed by atoms with Gasteiger partial charge < -0.3 is 9.52 Å². The minimum atomic E-state index is -0.244. The van der Waals surface area contributed by atoms with Crippen LogP contribution < -0.4 is 5.63 Å². The molecule has 2 aromatic rings. The number of piperidine rings is 3. The van der Waals surface area contributed by atoms with Crippen molar-refractivity contribution in [3.05, 3.63) is 49.8 Å². The number of phenols is 1. The average Bonchev–Trinajstić information content (AvgIpc) is 3.34. The van der Waals surface area contributed by atoms with Crippen molar-refractivity contribution >= 4 is 22.6 Å². The Balaban J connectivity index is 1.29. The topological polar surface area (TPSA) is 56.9 Å². The van der Waals surface area contributed by atoms with Gasteiger partial charge in [0.15, 0.2) is 0 Å². The van der Waals surface area contributed by atoms with Gasteiger partial charge in [0.2, 0.25) is 0 Å². The summed E-state index contributed by atoms with van der Waals surface area (Å²) >= 11 is 6.54. The van der Waals surface area contributed by atoms with Crippen molar-refractivity contribution in [2.24, 2.45) is 11.8 Å². The van der Waals surface area contributed by atoms with Crippen molar-refractivity contribution in [2.45, 2.75) is 76.4 Å². The minimum Gasteiger partial charge on any atom is -0.506 e. The molecule has 3 saturated heterocycles. The van der Waals surface area contributed by atoms with Gasteiger partial charge in [-0.2, -0.15) is 0 Å². The summed E-state index contributed by atoms with van der Waals surface area (Å²) in [6.45, 7) is 3.99. The summed E-state index contributed by atoms with van der Waals surface area (Å²) in [6.07, 6.45) is 12.9. The van der Waals surface area contributed by atoms with Crippen LogP contribution in [-0.2, 0) is 19.4 Å². The van der Waals surface area contributed by atoms with Crippen LogP contribution in [0.3, 0.4) is 0 Å². The van der Waals surface area contributed by atoms with Gasteiger partial charge in [-0.05, 0) is 87.9 Å². The van der Waals surface area contributed by atoms with Crippen LogP contribution in [0, 0.1) is 11.8 Å². The third-order valence-corrected chi connectivity index (χ3v) is 9.70. The maximum atomic E-state index is 12.8. The van der Waals surface area contributed by atoms with Gasteiger partial charge in [0.25, 0.3) is 0 Å². The van der Waals surface area contributed by atoms with E-state index in [0.717, 1.165) is 54.8 Å². The number of halogens is 1. The molecule has 1 aromatic carbocycles. The largest absolute Gasteiger partial charge is 0.506 e. The molecular formula is C28H33ClN2O3. The molecule has 4 heterocycles. The Morgan fingerprint density at radius 3 is 2.88 bits per heavy atom. The highest BCUT2D eigenvalue weighted by molar-refractivity contribution is 6.33. The van der Waals surface area contributed by atoms with E-state index >= 15 is 0 Å². The van der Waals surface area contributed by atoms with E-state index in [9.17, 15) is 9.90 Å². The number of aromatic hydroxyl groups is 1. The first-order chi connectivity index (χ1) is 16.6. The van der Waals surface area contributed by atoms with Gasteiger partial charge in [0, 0.05) is 36.1 Å². The molecule has 5 aliphatic rings. The number of hydrogen-bond acceptors (Lipinski definition) is 5. The van der Waals surface area contributed by atoms with Crippen LogP contribution in [0.2, 0.25) is 5.02 Å². The van der Waals surface area contributed by atoms with Crippen molar-refractivity contribution in [3.8, 4) is 5.75 Å². The van der Waals surface area contributed by atoms with Crippen molar-refractivity contribution in [1.29, 1.82) is 0 Å². The van der Waals surface area contributed by atoms with E-state index in [0.29, 0.717) is 40.6 Å². The highest BCUT2D eigenvalue weighted by Crippen LogP contribution is 2.46. The summed E-state index contributed by atoms with van der Waals surface area (Å²) in [7, 11) is 0. The van der Waals surface area contributed by atoms with E-state index in [1.54, 1.807) is 11.6 Å². The molecule has 6 heteroatoms. The number of likely N-dealkylation sites (tertiary alicyclic amines) is 1. The third-order valence-electron chi connectivity index (χ3n) is 9.41. The zero-order valence-corrected chi connectivity index (χ0v) is 20.4. The van der Waals surface area contributed by atoms with E-state index in [1.165, 1.54) is 45.2 Å². The Kier molecular flexibility index (Phi) is 5.12. The summed E-state index contributed by atoms with van der Waals surface area (Å²) in [5, 5.41) is 12.3. The van der Waals surface area contributed by atoms with Crippen LogP contribution in [-0.4, -0.2) is 46.6 Å². The Labute approximate surface area is 205 Å². The standard InChI is InChI=1S/C28H33ClN2O3/c29-23-13-21-19-6-3-7-20(19)28(33)34-27(21)22(26(23)32)15-31-10-4-5-16-11-17-12-18(25(16)31)14-30-9-2-1-8-24(17)30/h11,13,17-18,24-25,32H,1-10,12,14-15H2/t17-,18-,24+,25+/m0/s1. The maximum Gasteiger partial charge on any atom is 0.339 e. The molecule has 5 nitrogen and oxygen atoms in total. The summed E-state index contributed by atoms with van der Waals surface area (Å²) in [4.78, 5) is 18.1. The van der Waals surface area contributed by atoms with Crippen LogP contribution in [0.15, 0.2) is 26.9 Å². The van der Waals surface area contributed by atoms with Crippen LogP contribution in [0.5, 0.6) is 5.75 Å². The lowest BCUT2D eigenvalue weighted by Gasteiger charge is -2.54. The summed E-state index contributed by atoms with van der Waals surface area (Å²) in [5.41, 5.74) is 4.44. The summed E-state index contributed by atoms with van der Waals surface area (Å²) in [5.74, 6) is 1.40. The molecule has 3 aliphatic heterocycles. The monoisotopic (exact) mass is 480 g/mol. The lowest BCUT2D eigenvalue weighted by molar-refractivity contribution is -0.00274. The van der Waals surface area contributed by atoms with E-state index in [4.69, 9.17) is 16.0 Å². The van der Waals surface area contributed by atoms with E-state index in [2.05, 4.69) is 15.9 Å². The SMILES string of the molecule is O=c1oc2c(CN3CCCC4=C[C@H]5C[C@@H](CN6CCCC[C@H]56)[C@@H]43)c(O)c(Cl)cc2c2c1CCC2. The first-order valence-electron chi connectivity index (χ1n) is 13.3. The Hall–Kier alpha value is -1.82. The Morgan fingerprint density at radius 1 is 1.09 bits per heavy atom. The lowest BCUT2D eigenvalue weighted by atomic mass is 9.68. The number of benzene rings is 1. The van der Waals surface area contributed by atoms with Crippen molar-refractivity contribution in [1.82, 2.24) is 9.80 Å². The highest BCUT2D eigenvalue weighted by Gasteiger charge is 2.46. The van der Waals surface area contributed by atoms with Crippen LogP contribution in [0.25, 0.3) is 11.0 Å². The maximum absolute atomic E-state index is 12.8. The number of nitrogens with zero attached hydrogens (tertiary/aromatic N) is 2. The normalized spacial score (nSPS) is 31.1. The van der Waals surface area contributed by atoms with Gasteiger partial charge >= 0.3 is 5.63 Å². The quantitative estimate of drug-likeness (QED) is 0.482. The number of fused-ring (bicyclic) bond motifs is 9. The van der Waals surface area contributed by atoms with Crippen LogP contribution >= 0.6 is 11.6 Å². The van der Waals surface area contributed by atoms with Crippen LogP contribution in [0.1, 0.15) is 61.6 Å². The molecule has 0 spiro atoms. The first kappa shape index (κ1) is 21.5. The molecule has 0 amide bonds. The molecule has 4 atom stereocenters. The number of phenolic OH excluding ortho intramolecular Hbond substituents is 1. The number of rotatable bonds is 2. The molecule has 0 unspecified atom stereocenters. The van der Waals surface area contributed by atoms with Crippen molar-refractivity contribution < 1.29 is 9.52 Å². The molecule has 3 fully saturated rings. The molecule has 0 radical (unpaired) electrons. The fraction of sp³-hybridized carbons (Fsp3) is 0.607. The van der Waals surface area contributed by atoms with Crippen molar-refractivity contribution in [3.63, 3.8) is 0 Å². The highest BCUT2D eigenvalue weighted by atomic mass is 35.5. The fourth-order valence-electron chi connectivity index (χ4n) is 8.05. The predicted octanol–water partition coefficient (Wildman–Crippen LogP) is 5.04. The molecule has 7 rings (SSSR count).